The minimum absolute atomic E-state index is 0.119. The van der Waals surface area contributed by atoms with Gasteiger partial charge in [0.05, 0.1) is 5.75 Å². The second-order valence-electron chi connectivity index (χ2n) is 7.73. The molecule has 4 N–H and O–H groups in total. The molecule has 178 valence electrons. The second kappa shape index (κ2) is 13.9. The van der Waals surface area contributed by atoms with Gasteiger partial charge in [-0.2, -0.15) is 11.8 Å². The molecule has 11 heteroatoms. The van der Waals surface area contributed by atoms with Crippen molar-refractivity contribution in [3.8, 4) is 0 Å². The Bertz CT molecular complexity index is 799. The van der Waals surface area contributed by atoms with E-state index in [1.165, 1.54) is 11.8 Å². The lowest BCUT2D eigenvalue weighted by molar-refractivity contribution is -0.123. The van der Waals surface area contributed by atoms with Gasteiger partial charge in [-0.3, -0.25) is 25.2 Å². The number of rotatable bonds is 9. The number of carbonyl (C=O) groups is 4. The summed E-state index contributed by atoms with van der Waals surface area (Å²) in [4.78, 5) is 48.5. The van der Waals surface area contributed by atoms with Crippen molar-refractivity contribution in [1.29, 1.82) is 0 Å². The zero-order chi connectivity index (χ0) is 24.1. The molecule has 0 aliphatic rings. The number of hydrogen-bond acceptors (Lipinski definition) is 7. The van der Waals surface area contributed by atoms with E-state index < -0.39 is 28.9 Å². The van der Waals surface area contributed by atoms with Crippen molar-refractivity contribution in [3.05, 3.63) is 29.8 Å². The number of amides is 4. The minimum atomic E-state index is -0.878. The molecular formula is C21H32N4O5S2. The molecule has 0 aromatic heterocycles. The summed E-state index contributed by atoms with van der Waals surface area (Å²) >= 11 is 2.24. The number of nitrogens with one attached hydrogen (secondary N) is 4. The van der Waals surface area contributed by atoms with E-state index >= 15 is 0 Å². The average Bonchev–Trinajstić information content (AvgIpc) is 2.72. The standard InChI is InChI=1S/C21H32N4O5S2/c1-6-14-9-7-8-10-15(14)22-17(26)13-32-20(29)25-24-18(27)16(11-12-31-5)23-19(28)30-21(2,3)4/h7-10,16H,6,11-13H2,1-5H3,(H,22,26)(H,23,28)(H,24,27)(H,25,29)/t16-/m0/s1. The lowest BCUT2D eigenvalue weighted by atomic mass is 10.1. The van der Waals surface area contributed by atoms with Crippen molar-refractivity contribution in [2.75, 3.05) is 23.1 Å². The Hall–Kier alpha value is -2.40. The van der Waals surface area contributed by atoms with Crippen LogP contribution in [0.3, 0.4) is 0 Å². The molecule has 0 radical (unpaired) electrons. The second-order valence-corrected chi connectivity index (χ2v) is 9.66. The summed E-state index contributed by atoms with van der Waals surface area (Å²) in [6.07, 6.45) is 2.29. The highest BCUT2D eigenvalue weighted by Gasteiger charge is 2.24. The Kier molecular flexibility index (Phi) is 12.0. The smallest absolute Gasteiger partial charge is 0.408 e. The van der Waals surface area contributed by atoms with E-state index in [2.05, 4.69) is 21.5 Å². The van der Waals surface area contributed by atoms with Gasteiger partial charge in [0.25, 0.3) is 11.1 Å². The number of para-hydroxylation sites is 1. The highest BCUT2D eigenvalue weighted by Crippen LogP contribution is 2.16. The Balaban J connectivity index is 2.49. The van der Waals surface area contributed by atoms with Crippen LogP contribution in [0.5, 0.6) is 0 Å². The lowest BCUT2D eigenvalue weighted by Crippen LogP contribution is -2.52. The molecule has 1 aromatic carbocycles. The largest absolute Gasteiger partial charge is 0.444 e. The summed E-state index contributed by atoms with van der Waals surface area (Å²) < 4.78 is 5.18. The lowest BCUT2D eigenvalue weighted by Gasteiger charge is -2.23. The molecule has 0 unspecified atom stereocenters. The molecule has 0 bridgehead atoms. The van der Waals surface area contributed by atoms with Crippen LogP contribution in [0.25, 0.3) is 0 Å². The van der Waals surface area contributed by atoms with Crippen molar-refractivity contribution in [1.82, 2.24) is 16.2 Å². The van der Waals surface area contributed by atoms with Crippen LogP contribution in [0.15, 0.2) is 24.3 Å². The predicted molar refractivity (Wildman–Crippen MR) is 130 cm³/mol. The SMILES string of the molecule is CCc1ccccc1NC(=O)CSC(=O)NNC(=O)[C@H](CCSC)NC(=O)OC(C)(C)C. The fourth-order valence-electron chi connectivity index (χ4n) is 2.46. The third kappa shape index (κ3) is 11.3. The van der Waals surface area contributed by atoms with Gasteiger partial charge in [0, 0.05) is 5.69 Å². The molecular weight excluding hydrogens is 452 g/mol. The number of ether oxygens (including phenoxy) is 1. The summed E-state index contributed by atoms with van der Waals surface area (Å²) in [6, 6.07) is 6.56. The maximum Gasteiger partial charge on any atom is 0.408 e. The van der Waals surface area contributed by atoms with Gasteiger partial charge in [-0.25, -0.2) is 4.79 Å². The van der Waals surface area contributed by atoms with Gasteiger partial charge in [-0.15, -0.1) is 0 Å². The van der Waals surface area contributed by atoms with E-state index in [0.29, 0.717) is 17.9 Å². The molecule has 0 aliphatic heterocycles. The fourth-order valence-corrected chi connectivity index (χ4v) is 3.39. The van der Waals surface area contributed by atoms with Crippen LogP contribution in [-0.2, 0) is 20.7 Å². The molecule has 1 aromatic rings. The maximum atomic E-state index is 12.4. The van der Waals surface area contributed by atoms with Gasteiger partial charge in [0.15, 0.2) is 0 Å². The highest BCUT2D eigenvalue weighted by atomic mass is 32.2. The van der Waals surface area contributed by atoms with Crippen molar-refractivity contribution in [2.24, 2.45) is 0 Å². The molecule has 1 atom stereocenters. The zero-order valence-corrected chi connectivity index (χ0v) is 20.7. The maximum absolute atomic E-state index is 12.4. The van der Waals surface area contributed by atoms with E-state index in [1.54, 1.807) is 26.8 Å². The Morgan fingerprint density at radius 2 is 1.78 bits per heavy atom. The molecule has 0 fully saturated rings. The summed E-state index contributed by atoms with van der Waals surface area (Å²) in [5.74, 6) is -0.413. The predicted octanol–water partition coefficient (Wildman–Crippen LogP) is 3.31. The van der Waals surface area contributed by atoms with Crippen molar-refractivity contribution < 1.29 is 23.9 Å². The van der Waals surface area contributed by atoms with Crippen molar-refractivity contribution in [2.45, 2.75) is 52.2 Å². The first-order chi connectivity index (χ1) is 15.1. The quantitative estimate of drug-likeness (QED) is 0.396. The van der Waals surface area contributed by atoms with E-state index in [9.17, 15) is 19.2 Å². The van der Waals surface area contributed by atoms with E-state index in [0.717, 1.165) is 23.7 Å². The van der Waals surface area contributed by atoms with Crippen LogP contribution in [0, 0.1) is 0 Å². The summed E-state index contributed by atoms with van der Waals surface area (Å²) in [7, 11) is 0. The molecule has 9 nitrogen and oxygen atoms in total. The monoisotopic (exact) mass is 484 g/mol. The van der Waals surface area contributed by atoms with Gasteiger partial charge in [0.2, 0.25) is 5.91 Å². The number of anilines is 1. The Morgan fingerprint density at radius 1 is 1.09 bits per heavy atom. The number of hydrogen-bond donors (Lipinski definition) is 4. The molecule has 0 aliphatic carbocycles. The first-order valence-electron chi connectivity index (χ1n) is 10.1. The van der Waals surface area contributed by atoms with E-state index in [4.69, 9.17) is 4.74 Å². The molecule has 0 heterocycles. The number of carbonyl (C=O) groups excluding carboxylic acids is 4. The number of aryl methyl sites for hydroxylation is 1. The van der Waals surface area contributed by atoms with Crippen LogP contribution in [0.1, 0.15) is 39.7 Å². The Labute approximate surface area is 197 Å². The topological polar surface area (TPSA) is 126 Å². The van der Waals surface area contributed by atoms with Gasteiger partial charge < -0.3 is 15.4 Å². The highest BCUT2D eigenvalue weighted by molar-refractivity contribution is 8.14. The van der Waals surface area contributed by atoms with E-state index in [-0.39, 0.29) is 11.7 Å². The molecule has 32 heavy (non-hydrogen) atoms. The number of benzene rings is 1. The molecule has 1 rings (SSSR count). The Morgan fingerprint density at radius 3 is 2.41 bits per heavy atom. The minimum Gasteiger partial charge on any atom is -0.444 e. The van der Waals surface area contributed by atoms with Gasteiger partial charge in [-0.05, 0) is 57.3 Å². The number of thioether (sulfide) groups is 2. The fraction of sp³-hybridized carbons (Fsp3) is 0.524. The van der Waals surface area contributed by atoms with E-state index in [1.807, 2.05) is 31.4 Å². The first kappa shape index (κ1) is 27.6. The number of hydrazine groups is 1. The van der Waals surface area contributed by atoms with Gasteiger partial charge in [0.1, 0.15) is 11.6 Å². The van der Waals surface area contributed by atoms with Crippen LogP contribution >= 0.6 is 23.5 Å². The first-order valence-corrected chi connectivity index (χ1v) is 12.5. The van der Waals surface area contributed by atoms with Gasteiger partial charge in [-0.1, -0.05) is 36.9 Å². The third-order valence-electron chi connectivity index (χ3n) is 3.91. The summed E-state index contributed by atoms with van der Waals surface area (Å²) in [5.41, 5.74) is 5.53. The van der Waals surface area contributed by atoms with Gasteiger partial charge >= 0.3 is 6.09 Å². The normalized spacial score (nSPS) is 11.8. The molecule has 0 saturated heterocycles. The molecule has 4 amide bonds. The third-order valence-corrected chi connectivity index (χ3v) is 5.33. The molecule has 0 spiro atoms. The van der Waals surface area contributed by atoms with Crippen LogP contribution in [0.4, 0.5) is 15.3 Å². The average molecular weight is 485 g/mol. The summed E-state index contributed by atoms with van der Waals surface area (Å²) in [5, 5.41) is 4.68. The van der Waals surface area contributed by atoms with Crippen molar-refractivity contribution >= 4 is 52.4 Å². The molecule has 0 saturated carbocycles. The van der Waals surface area contributed by atoms with Crippen LogP contribution in [-0.4, -0.2) is 52.6 Å². The van der Waals surface area contributed by atoms with Crippen molar-refractivity contribution in [3.63, 3.8) is 0 Å². The summed E-state index contributed by atoms with van der Waals surface area (Å²) in [6.45, 7) is 7.15. The zero-order valence-electron chi connectivity index (χ0n) is 19.1. The van der Waals surface area contributed by atoms with Crippen LogP contribution in [0.2, 0.25) is 0 Å². The number of alkyl carbamates (subject to hydrolysis) is 1. The van der Waals surface area contributed by atoms with Crippen LogP contribution < -0.4 is 21.5 Å².